The van der Waals surface area contributed by atoms with Crippen LogP contribution in [0.3, 0.4) is 0 Å². The lowest BCUT2D eigenvalue weighted by atomic mass is 9.88. The van der Waals surface area contributed by atoms with Gasteiger partial charge in [0.25, 0.3) is 0 Å². The number of hydrogen-bond acceptors (Lipinski definition) is 10. The molecule has 2 saturated carbocycles. The van der Waals surface area contributed by atoms with Crippen LogP contribution >= 0.6 is 11.6 Å². The van der Waals surface area contributed by atoms with E-state index in [4.69, 9.17) is 16.3 Å². The number of hydrogen-bond donors (Lipinski definition) is 4. The predicted molar refractivity (Wildman–Crippen MR) is 138 cm³/mol. The Morgan fingerprint density at radius 3 is 2.82 bits per heavy atom. The first-order valence-electron chi connectivity index (χ1n) is 12.5. The molecule has 0 bridgehead atoms. The first-order chi connectivity index (χ1) is 18.5. The zero-order chi connectivity index (χ0) is 26.4. The second-order valence-electron chi connectivity index (χ2n) is 9.97. The molecule has 1 aromatic carbocycles. The fourth-order valence-electron chi connectivity index (χ4n) is 5.59. The molecule has 3 fully saturated rings. The molecule has 4 atom stereocenters. The molecule has 2 aliphatic carbocycles. The first-order valence-corrected chi connectivity index (χ1v) is 12.9. The van der Waals surface area contributed by atoms with E-state index in [1.54, 1.807) is 6.07 Å². The van der Waals surface area contributed by atoms with E-state index in [0.717, 1.165) is 37.8 Å². The zero-order valence-corrected chi connectivity index (χ0v) is 21.3. The van der Waals surface area contributed by atoms with Crippen molar-refractivity contribution in [1.29, 1.82) is 10.5 Å². The van der Waals surface area contributed by atoms with Gasteiger partial charge in [0.05, 0.1) is 35.6 Å². The highest BCUT2D eigenvalue weighted by Gasteiger charge is 2.45. The smallest absolute Gasteiger partial charge is 0.407 e. The van der Waals surface area contributed by atoms with Crippen molar-refractivity contribution in [2.75, 3.05) is 24.3 Å². The van der Waals surface area contributed by atoms with Gasteiger partial charge in [-0.3, -0.25) is 0 Å². The number of benzene rings is 1. The molecule has 4 N–H and O–H groups in total. The van der Waals surface area contributed by atoms with Gasteiger partial charge in [0.15, 0.2) is 17.2 Å². The average molecular weight is 533 g/mol. The number of nitriles is 2. The van der Waals surface area contributed by atoms with E-state index < -0.39 is 6.09 Å². The van der Waals surface area contributed by atoms with Gasteiger partial charge in [0.1, 0.15) is 6.07 Å². The number of aromatic nitrogens is 4. The lowest BCUT2D eigenvalue weighted by Crippen LogP contribution is -2.34. The number of amides is 1. The van der Waals surface area contributed by atoms with Crippen LogP contribution in [0.4, 0.5) is 22.2 Å². The van der Waals surface area contributed by atoms with Gasteiger partial charge < -0.3 is 26.0 Å². The summed E-state index contributed by atoms with van der Waals surface area (Å²) in [6, 6.07) is 8.05. The van der Waals surface area contributed by atoms with Gasteiger partial charge in [0.2, 0.25) is 5.95 Å². The minimum absolute atomic E-state index is 0.0274. The van der Waals surface area contributed by atoms with Gasteiger partial charge in [-0.2, -0.15) is 20.0 Å². The maximum atomic E-state index is 11.7. The molecule has 0 radical (unpaired) electrons. The Balaban J connectivity index is 1.32. The summed E-state index contributed by atoms with van der Waals surface area (Å²) >= 11 is 6.95. The van der Waals surface area contributed by atoms with Crippen molar-refractivity contribution in [1.82, 2.24) is 30.2 Å². The molecule has 6 rings (SSSR count). The number of nitrogens with zero attached hydrogens (tertiary/aromatic N) is 6. The van der Waals surface area contributed by atoms with Gasteiger partial charge in [-0.05, 0) is 61.8 Å². The molecule has 13 heteroatoms. The zero-order valence-electron chi connectivity index (χ0n) is 20.5. The quantitative estimate of drug-likeness (QED) is 0.370. The Morgan fingerprint density at radius 1 is 1.24 bits per heavy atom. The van der Waals surface area contributed by atoms with Crippen LogP contribution in [0, 0.1) is 34.5 Å². The van der Waals surface area contributed by atoms with Crippen LogP contribution in [0.5, 0.6) is 0 Å². The van der Waals surface area contributed by atoms with Crippen molar-refractivity contribution < 1.29 is 9.53 Å². The number of carbonyl (C=O) groups excluding carboxylic acids is 1. The Hall–Kier alpha value is -4.13. The summed E-state index contributed by atoms with van der Waals surface area (Å²) < 4.78 is 6.21. The van der Waals surface area contributed by atoms with E-state index >= 15 is 0 Å². The lowest BCUT2D eigenvalue weighted by molar-refractivity contribution is 0.166. The molecular weight excluding hydrogens is 508 g/mol. The third-order valence-electron chi connectivity index (χ3n) is 7.49. The summed E-state index contributed by atoms with van der Waals surface area (Å²) in [6.07, 6.45) is 4.73. The fourth-order valence-corrected chi connectivity index (χ4v) is 5.87. The molecule has 0 unspecified atom stereocenters. The van der Waals surface area contributed by atoms with E-state index in [1.807, 2.05) is 6.07 Å². The van der Waals surface area contributed by atoms with Crippen LogP contribution in [-0.4, -0.2) is 51.4 Å². The molecule has 3 aliphatic rings. The Morgan fingerprint density at radius 2 is 2.08 bits per heavy atom. The number of nitrogens with one attached hydrogen (secondary N) is 4. The molecule has 0 spiro atoms. The van der Waals surface area contributed by atoms with Crippen LogP contribution in [0.25, 0.3) is 5.65 Å². The summed E-state index contributed by atoms with van der Waals surface area (Å²) in [5.41, 5.74) is 2.48. The molecule has 1 saturated heterocycles. The van der Waals surface area contributed by atoms with Gasteiger partial charge >= 0.3 is 6.09 Å². The van der Waals surface area contributed by atoms with Crippen LogP contribution < -0.4 is 21.3 Å². The van der Waals surface area contributed by atoms with E-state index in [0.29, 0.717) is 39.7 Å². The number of anilines is 3. The third-order valence-corrected chi connectivity index (χ3v) is 7.91. The second-order valence-corrected chi connectivity index (χ2v) is 10.3. The second kappa shape index (κ2) is 9.63. The average Bonchev–Trinajstić information content (AvgIpc) is 3.30. The standard InChI is InChI=1S/C25H25ClN10O2/c1-38-25(37)32-15-6-13-10-29-21(17(13)7-15)18-4-12(8-27)5-19(20(18)26)33-24-34-22(31-14-2-3-14)23-30-11-16(9-28)36(23)35-24/h4-5,11,13-15,17,21,29H,2-3,6-7,10H2,1H3,(H,32,37)(H2,31,33,34,35)/t13-,15+,17+,21+/m0/s1. The van der Waals surface area contributed by atoms with Crippen LogP contribution in [0.1, 0.15) is 48.5 Å². The SMILES string of the molecule is COC(=O)N[C@@H]1C[C@H]2CN[C@@H](c3cc(C#N)cc(Nc4nc(NC5CC5)c5ncc(C#N)n5n4)c3Cl)[C@@H]2C1. The summed E-state index contributed by atoms with van der Waals surface area (Å²) in [4.78, 5) is 20.6. The number of alkyl carbamates (subject to hydrolysis) is 1. The number of rotatable bonds is 6. The van der Waals surface area contributed by atoms with Crippen molar-refractivity contribution in [2.45, 2.75) is 43.8 Å². The number of fused-ring (bicyclic) bond motifs is 2. The van der Waals surface area contributed by atoms with Crippen molar-refractivity contribution in [2.24, 2.45) is 11.8 Å². The summed E-state index contributed by atoms with van der Waals surface area (Å²) in [7, 11) is 1.36. The van der Waals surface area contributed by atoms with Gasteiger partial charge in [-0.15, -0.1) is 5.10 Å². The maximum absolute atomic E-state index is 11.7. The molecule has 194 valence electrons. The molecule has 12 nitrogen and oxygen atoms in total. The van der Waals surface area contributed by atoms with E-state index in [-0.39, 0.29) is 29.6 Å². The molecule has 2 aromatic heterocycles. The molecule has 3 aromatic rings. The maximum Gasteiger partial charge on any atom is 0.407 e. The number of carbonyl (C=O) groups is 1. The van der Waals surface area contributed by atoms with Crippen molar-refractivity contribution in [3.05, 3.63) is 40.2 Å². The molecule has 1 aliphatic heterocycles. The molecular formula is C25H25ClN10O2. The van der Waals surface area contributed by atoms with E-state index in [9.17, 15) is 15.3 Å². The highest BCUT2D eigenvalue weighted by atomic mass is 35.5. The largest absolute Gasteiger partial charge is 0.453 e. The highest BCUT2D eigenvalue weighted by molar-refractivity contribution is 6.34. The highest BCUT2D eigenvalue weighted by Crippen LogP contribution is 2.47. The van der Waals surface area contributed by atoms with Gasteiger partial charge in [-0.1, -0.05) is 11.6 Å². The van der Waals surface area contributed by atoms with Crippen LogP contribution in [0.2, 0.25) is 5.02 Å². The summed E-state index contributed by atoms with van der Waals surface area (Å²) in [5, 5.41) is 37.2. The van der Waals surface area contributed by atoms with Crippen molar-refractivity contribution in [3.63, 3.8) is 0 Å². The number of ether oxygens (including phenoxy) is 1. The minimum atomic E-state index is -0.430. The first kappa shape index (κ1) is 24.2. The topological polar surface area (TPSA) is 165 Å². The van der Waals surface area contributed by atoms with Crippen molar-refractivity contribution >= 4 is 40.8 Å². The van der Waals surface area contributed by atoms with Crippen molar-refractivity contribution in [3.8, 4) is 12.1 Å². The van der Waals surface area contributed by atoms with E-state index in [2.05, 4.69) is 48.5 Å². The van der Waals surface area contributed by atoms with Gasteiger partial charge in [-0.25, -0.2) is 9.78 Å². The van der Waals surface area contributed by atoms with E-state index in [1.165, 1.54) is 17.8 Å². The molecule has 3 heterocycles. The Kier molecular flexibility index (Phi) is 6.14. The summed E-state index contributed by atoms with van der Waals surface area (Å²) in [5.74, 6) is 1.35. The minimum Gasteiger partial charge on any atom is -0.453 e. The van der Waals surface area contributed by atoms with Gasteiger partial charge in [0, 0.05) is 18.1 Å². The predicted octanol–water partition coefficient (Wildman–Crippen LogP) is 3.23. The van der Waals surface area contributed by atoms with Crippen LogP contribution in [0.15, 0.2) is 18.3 Å². The number of halogens is 1. The molecule has 38 heavy (non-hydrogen) atoms. The number of methoxy groups -OCH3 is 1. The third kappa shape index (κ3) is 4.42. The number of imidazole rings is 1. The Bertz CT molecular complexity index is 1500. The monoisotopic (exact) mass is 532 g/mol. The lowest BCUT2D eigenvalue weighted by Gasteiger charge is -2.23. The fraction of sp³-hybridized carbons (Fsp3) is 0.440. The molecule has 1 amide bonds. The Labute approximate surface area is 223 Å². The normalized spacial score (nSPS) is 23.9. The summed E-state index contributed by atoms with van der Waals surface area (Å²) in [6.45, 7) is 0.790. The van der Waals surface area contributed by atoms with Crippen LogP contribution in [-0.2, 0) is 4.74 Å².